The van der Waals surface area contributed by atoms with Crippen LogP contribution < -0.4 is 0 Å². The first-order valence-electron chi connectivity index (χ1n) is 8.53. The molecule has 3 aromatic carbocycles. The van der Waals surface area contributed by atoms with Crippen molar-refractivity contribution in [2.45, 2.75) is 0 Å². The predicted molar refractivity (Wildman–Crippen MR) is 104 cm³/mol. The van der Waals surface area contributed by atoms with Gasteiger partial charge in [0, 0.05) is 23.7 Å². The van der Waals surface area contributed by atoms with E-state index in [2.05, 4.69) is 0 Å². The van der Waals surface area contributed by atoms with Gasteiger partial charge in [-0.1, -0.05) is 91.0 Å². The van der Waals surface area contributed by atoms with Crippen molar-refractivity contribution in [2.75, 3.05) is 0 Å². The highest BCUT2D eigenvalue weighted by molar-refractivity contribution is 6.07. The van der Waals surface area contributed by atoms with E-state index in [0.717, 1.165) is 22.5 Å². The zero-order valence-corrected chi connectivity index (χ0v) is 14.5. The molecule has 0 unspecified atom stereocenters. The first kappa shape index (κ1) is 16.0. The number of nitrogens with zero attached hydrogens (tertiary/aromatic N) is 2. The quantitative estimate of drug-likeness (QED) is 0.492. The van der Waals surface area contributed by atoms with Gasteiger partial charge in [0.25, 0.3) is 0 Å². The Morgan fingerprint density at radius 2 is 1.23 bits per heavy atom. The van der Waals surface area contributed by atoms with Crippen molar-refractivity contribution < 1.29 is 4.79 Å². The Bertz CT molecular complexity index is 1040. The topological polar surface area (TPSA) is 34.9 Å². The van der Waals surface area contributed by atoms with Crippen LogP contribution in [0.4, 0.5) is 0 Å². The van der Waals surface area contributed by atoms with Crippen LogP contribution in [0, 0.1) is 0 Å². The number of hydrogen-bond donors (Lipinski definition) is 0. The van der Waals surface area contributed by atoms with Crippen molar-refractivity contribution in [3.63, 3.8) is 0 Å². The molecule has 0 bridgehead atoms. The first-order valence-corrected chi connectivity index (χ1v) is 8.53. The van der Waals surface area contributed by atoms with Gasteiger partial charge < -0.3 is 4.57 Å². The molecule has 0 radical (unpaired) electrons. The normalized spacial score (nSPS) is 10.7. The van der Waals surface area contributed by atoms with Crippen molar-refractivity contribution >= 4 is 5.78 Å². The Morgan fingerprint density at radius 3 is 1.81 bits per heavy atom. The Balaban J connectivity index is 1.93. The van der Waals surface area contributed by atoms with Crippen molar-refractivity contribution in [3.8, 4) is 22.5 Å². The molecule has 0 aliphatic heterocycles. The lowest BCUT2D eigenvalue weighted by atomic mass is 10.1. The van der Waals surface area contributed by atoms with Gasteiger partial charge in [-0.25, -0.2) is 4.98 Å². The minimum absolute atomic E-state index is 0.0764. The van der Waals surface area contributed by atoms with Crippen molar-refractivity contribution in [3.05, 3.63) is 102 Å². The van der Waals surface area contributed by atoms with Gasteiger partial charge in [0.2, 0.25) is 5.78 Å². The number of imidazole rings is 1. The van der Waals surface area contributed by atoms with E-state index in [-0.39, 0.29) is 5.78 Å². The van der Waals surface area contributed by atoms with Crippen LogP contribution >= 0.6 is 0 Å². The van der Waals surface area contributed by atoms with Gasteiger partial charge in [0.05, 0.1) is 11.4 Å². The van der Waals surface area contributed by atoms with Gasteiger partial charge in [0.15, 0.2) is 5.82 Å². The molecule has 1 aromatic heterocycles. The molecular formula is C23H18N2O. The number of ketones is 1. The van der Waals surface area contributed by atoms with Crippen LogP contribution in [-0.4, -0.2) is 15.3 Å². The fraction of sp³-hybridized carbons (Fsp3) is 0.0435. The molecular weight excluding hydrogens is 320 g/mol. The van der Waals surface area contributed by atoms with E-state index >= 15 is 0 Å². The minimum atomic E-state index is -0.0764. The number of carbonyl (C=O) groups is 1. The maximum Gasteiger partial charge on any atom is 0.228 e. The third-order valence-corrected chi connectivity index (χ3v) is 4.43. The Labute approximate surface area is 152 Å². The Morgan fingerprint density at radius 1 is 0.731 bits per heavy atom. The Hall–Kier alpha value is -3.46. The molecule has 0 aliphatic carbocycles. The summed E-state index contributed by atoms with van der Waals surface area (Å²) in [6.45, 7) is 0. The highest BCUT2D eigenvalue weighted by atomic mass is 16.1. The van der Waals surface area contributed by atoms with E-state index in [4.69, 9.17) is 4.98 Å². The lowest BCUT2D eigenvalue weighted by Crippen LogP contribution is -2.09. The molecule has 3 nitrogen and oxygen atoms in total. The average Bonchev–Trinajstić information content (AvgIpc) is 3.06. The van der Waals surface area contributed by atoms with Gasteiger partial charge in [-0.3, -0.25) is 4.79 Å². The van der Waals surface area contributed by atoms with Crippen LogP contribution in [0.25, 0.3) is 22.5 Å². The summed E-state index contributed by atoms with van der Waals surface area (Å²) in [7, 11) is 1.90. The van der Waals surface area contributed by atoms with E-state index in [9.17, 15) is 4.79 Å². The van der Waals surface area contributed by atoms with Gasteiger partial charge in [0.1, 0.15) is 0 Å². The highest BCUT2D eigenvalue weighted by Crippen LogP contribution is 2.32. The second kappa shape index (κ2) is 6.81. The number of carbonyl (C=O) groups excluding carboxylic acids is 1. The van der Waals surface area contributed by atoms with Crippen molar-refractivity contribution in [1.82, 2.24) is 9.55 Å². The van der Waals surface area contributed by atoms with Gasteiger partial charge in [-0.05, 0) is 0 Å². The molecule has 0 fully saturated rings. The lowest BCUT2D eigenvalue weighted by Gasteiger charge is -2.07. The summed E-state index contributed by atoms with van der Waals surface area (Å²) in [4.78, 5) is 17.8. The van der Waals surface area contributed by atoms with Gasteiger partial charge in [-0.15, -0.1) is 0 Å². The van der Waals surface area contributed by atoms with E-state index in [1.165, 1.54) is 0 Å². The van der Waals surface area contributed by atoms with Crippen molar-refractivity contribution in [2.24, 2.45) is 7.05 Å². The molecule has 1 heterocycles. The molecule has 0 saturated heterocycles. The van der Waals surface area contributed by atoms with Crippen LogP contribution in [-0.2, 0) is 7.05 Å². The van der Waals surface area contributed by atoms with Crippen LogP contribution in [0.1, 0.15) is 16.2 Å². The molecule has 4 aromatic rings. The summed E-state index contributed by atoms with van der Waals surface area (Å²) >= 11 is 0. The van der Waals surface area contributed by atoms with Crippen LogP contribution in [0.15, 0.2) is 91.0 Å². The number of hydrogen-bond acceptors (Lipinski definition) is 2. The summed E-state index contributed by atoms with van der Waals surface area (Å²) < 4.78 is 1.90. The van der Waals surface area contributed by atoms with Crippen LogP contribution in [0.2, 0.25) is 0 Å². The lowest BCUT2D eigenvalue weighted by molar-refractivity contribution is 0.102. The molecule has 0 N–H and O–H groups in total. The summed E-state index contributed by atoms with van der Waals surface area (Å²) in [6.07, 6.45) is 0. The summed E-state index contributed by atoms with van der Waals surface area (Å²) in [5.41, 5.74) is 4.43. The number of aromatic nitrogens is 2. The molecule has 0 aliphatic rings. The summed E-state index contributed by atoms with van der Waals surface area (Å²) in [5.74, 6) is 0.362. The fourth-order valence-corrected chi connectivity index (χ4v) is 3.14. The SMILES string of the molecule is Cn1c(C(=O)c2ccccc2)nc(-c2ccccc2)c1-c1ccccc1. The maximum absolute atomic E-state index is 13.0. The van der Waals surface area contributed by atoms with Gasteiger partial charge >= 0.3 is 0 Å². The standard InChI is InChI=1S/C23H18N2O/c1-25-21(18-13-7-3-8-14-18)20(17-11-5-2-6-12-17)24-23(25)22(26)19-15-9-4-10-16-19/h2-16H,1H3. The second-order valence-corrected chi connectivity index (χ2v) is 6.12. The molecule has 126 valence electrons. The molecule has 0 amide bonds. The smallest absolute Gasteiger partial charge is 0.228 e. The fourth-order valence-electron chi connectivity index (χ4n) is 3.14. The monoisotopic (exact) mass is 338 g/mol. The van der Waals surface area contributed by atoms with E-state index in [0.29, 0.717) is 11.4 Å². The van der Waals surface area contributed by atoms with Gasteiger partial charge in [-0.2, -0.15) is 0 Å². The summed E-state index contributed by atoms with van der Waals surface area (Å²) in [5, 5.41) is 0. The molecule has 0 atom stereocenters. The van der Waals surface area contributed by atoms with E-state index < -0.39 is 0 Å². The summed E-state index contributed by atoms with van der Waals surface area (Å²) in [6, 6.07) is 29.3. The largest absolute Gasteiger partial charge is 0.324 e. The molecule has 0 saturated carbocycles. The predicted octanol–water partition coefficient (Wildman–Crippen LogP) is 4.99. The van der Waals surface area contributed by atoms with Crippen LogP contribution in [0.3, 0.4) is 0 Å². The van der Waals surface area contributed by atoms with Crippen molar-refractivity contribution in [1.29, 1.82) is 0 Å². The molecule has 3 heteroatoms. The minimum Gasteiger partial charge on any atom is -0.324 e. The molecule has 0 spiro atoms. The van der Waals surface area contributed by atoms with Crippen LogP contribution in [0.5, 0.6) is 0 Å². The van der Waals surface area contributed by atoms with E-state index in [1.54, 1.807) is 0 Å². The second-order valence-electron chi connectivity index (χ2n) is 6.12. The Kier molecular flexibility index (Phi) is 4.20. The number of rotatable bonds is 4. The first-order chi connectivity index (χ1) is 12.8. The third kappa shape index (κ3) is 2.84. The third-order valence-electron chi connectivity index (χ3n) is 4.43. The zero-order valence-electron chi connectivity index (χ0n) is 14.5. The molecule has 26 heavy (non-hydrogen) atoms. The van der Waals surface area contributed by atoms with E-state index in [1.807, 2.05) is 103 Å². The number of benzene rings is 3. The zero-order chi connectivity index (χ0) is 17.9. The molecule has 4 rings (SSSR count). The highest BCUT2D eigenvalue weighted by Gasteiger charge is 2.22. The average molecular weight is 338 g/mol. The maximum atomic E-state index is 13.0.